The molecule has 2 aliphatic heterocycles. The smallest absolute Gasteiger partial charge is 0.315 e. The van der Waals surface area contributed by atoms with Gasteiger partial charge in [-0.05, 0) is 44.4 Å². The van der Waals surface area contributed by atoms with Gasteiger partial charge in [0.15, 0.2) is 0 Å². The van der Waals surface area contributed by atoms with Crippen molar-refractivity contribution in [3.63, 3.8) is 0 Å². The highest BCUT2D eigenvalue weighted by Gasteiger charge is 2.43. The van der Waals surface area contributed by atoms with Crippen molar-refractivity contribution in [2.75, 3.05) is 20.2 Å². The van der Waals surface area contributed by atoms with E-state index in [9.17, 15) is 14.4 Å². The third-order valence-electron chi connectivity index (χ3n) is 5.73. The number of benzene rings is 1. The SMILES string of the molecule is COc1ccc(CNC(=O)CC[C@@H]2CNC(=O)[C@@H]3C[C@@H](NC(=O)NC(C)C)CN23)cc1. The Bertz CT molecular complexity index is 783. The van der Waals surface area contributed by atoms with E-state index >= 15 is 0 Å². The molecule has 3 rings (SSSR count). The van der Waals surface area contributed by atoms with Crippen LogP contribution in [-0.2, 0) is 16.1 Å². The Labute approximate surface area is 183 Å². The van der Waals surface area contributed by atoms with Crippen LogP contribution in [0.2, 0.25) is 0 Å². The zero-order valence-corrected chi connectivity index (χ0v) is 18.4. The van der Waals surface area contributed by atoms with Gasteiger partial charge < -0.3 is 26.0 Å². The number of hydrogen-bond donors (Lipinski definition) is 4. The molecule has 2 fully saturated rings. The zero-order chi connectivity index (χ0) is 22.4. The van der Waals surface area contributed by atoms with Crippen LogP contribution in [-0.4, -0.2) is 67.1 Å². The third-order valence-corrected chi connectivity index (χ3v) is 5.73. The molecule has 0 spiro atoms. The van der Waals surface area contributed by atoms with Crippen LogP contribution in [0.25, 0.3) is 0 Å². The van der Waals surface area contributed by atoms with E-state index in [1.165, 1.54) is 0 Å². The Balaban J connectivity index is 1.46. The number of piperazine rings is 1. The molecule has 9 nitrogen and oxygen atoms in total. The zero-order valence-electron chi connectivity index (χ0n) is 18.4. The summed E-state index contributed by atoms with van der Waals surface area (Å²) in [5.41, 5.74) is 1.01. The molecular formula is C22H33N5O4. The van der Waals surface area contributed by atoms with Crippen molar-refractivity contribution in [1.82, 2.24) is 26.2 Å². The molecule has 0 saturated carbocycles. The Morgan fingerprint density at radius 1 is 1.26 bits per heavy atom. The minimum atomic E-state index is -0.259. The lowest BCUT2D eigenvalue weighted by Crippen LogP contribution is -2.58. The van der Waals surface area contributed by atoms with E-state index < -0.39 is 0 Å². The lowest BCUT2D eigenvalue weighted by molar-refractivity contribution is -0.129. The van der Waals surface area contributed by atoms with E-state index in [0.717, 1.165) is 11.3 Å². The van der Waals surface area contributed by atoms with Gasteiger partial charge in [-0.15, -0.1) is 0 Å². The normalized spacial score (nSPS) is 23.1. The minimum Gasteiger partial charge on any atom is -0.497 e. The fraction of sp³-hybridized carbons (Fsp3) is 0.591. The highest BCUT2D eigenvalue weighted by molar-refractivity contribution is 5.83. The van der Waals surface area contributed by atoms with E-state index in [2.05, 4.69) is 26.2 Å². The first kappa shape index (κ1) is 22.9. The number of methoxy groups -OCH3 is 1. The van der Waals surface area contributed by atoms with Gasteiger partial charge in [0.1, 0.15) is 5.75 Å². The van der Waals surface area contributed by atoms with Gasteiger partial charge in [0.25, 0.3) is 0 Å². The fourth-order valence-electron chi connectivity index (χ4n) is 4.17. The number of ether oxygens (including phenoxy) is 1. The molecule has 2 heterocycles. The summed E-state index contributed by atoms with van der Waals surface area (Å²) in [5, 5.41) is 11.7. The average Bonchev–Trinajstić information content (AvgIpc) is 3.16. The summed E-state index contributed by atoms with van der Waals surface area (Å²) in [7, 11) is 1.62. The van der Waals surface area contributed by atoms with Crippen LogP contribution < -0.4 is 26.0 Å². The second kappa shape index (κ2) is 10.5. The maximum atomic E-state index is 12.3. The van der Waals surface area contributed by atoms with Crippen LogP contribution in [0.3, 0.4) is 0 Å². The van der Waals surface area contributed by atoms with E-state index in [1.807, 2.05) is 38.1 Å². The lowest BCUT2D eigenvalue weighted by Gasteiger charge is -2.37. The molecule has 4 N–H and O–H groups in total. The number of hydrogen-bond acceptors (Lipinski definition) is 5. The van der Waals surface area contributed by atoms with Crippen LogP contribution in [0.15, 0.2) is 24.3 Å². The monoisotopic (exact) mass is 431 g/mol. The van der Waals surface area contributed by atoms with Crippen molar-refractivity contribution in [2.24, 2.45) is 0 Å². The van der Waals surface area contributed by atoms with Gasteiger partial charge in [-0.25, -0.2) is 4.79 Å². The van der Waals surface area contributed by atoms with Gasteiger partial charge >= 0.3 is 6.03 Å². The summed E-state index contributed by atoms with van der Waals surface area (Å²) in [6.45, 7) is 5.41. The van der Waals surface area contributed by atoms with E-state index in [1.54, 1.807) is 7.11 Å². The van der Waals surface area contributed by atoms with Gasteiger partial charge in [-0.2, -0.15) is 0 Å². The predicted octanol–water partition coefficient (Wildman–Crippen LogP) is 0.741. The minimum absolute atomic E-state index is 0.00576. The van der Waals surface area contributed by atoms with E-state index in [-0.39, 0.29) is 42.0 Å². The van der Waals surface area contributed by atoms with Crippen LogP contribution in [0.1, 0.15) is 38.7 Å². The number of urea groups is 1. The van der Waals surface area contributed by atoms with Gasteiger partial charge in [0, 0.05) is 44.2 Å². The number of nitrogens with one attached hydrogen (secondary N) is 4. The summed E-state index contributed by atoms with van der Waals surface area (Å²) in [6, 6.07) is 7.16. The molecule has 3 atom stereocenters. The molecular weight excluding hydrogens is 398 g/mol. The number of fused-ring (bicyclic) bond motifs is 1. The van der Waals surface area contributed by atoms with Crippen molar-refractivity contribution < 1.29 is 19.1 Å². The number of carbonyl (C=O) groups excluding carboxylic acids is 3. The second-order valence-electron chi connectivity index (χ2n) is 8.48. The highest BCUT2D eigenvalue weighted by atomic mass is 16.5. The Morgan fingerprint density at radius 2 is 2.00 bits per heavy atom. The molecule has 1 aromatic rings. The first-order valence-electron chi connectivity index (χ1n) is 10.9. The number of amides is 4. The lowest BCUT2D eigenvalue weighted by atomic mass is 10.0. The molecule has 0 aromatic heterocycles. The largest absolute Gasteiger partial charge is 0.497 e. The predicted molar refractivity (Wildman–Crippen MR) is 117 cm³/mol. The maximum Gasteiger partial charge on any atom is 0.315 e. The molecule has 31 heavy (non-hydrogen) atoms. The number of nitrogens with zero attached hydrogens (tertiary/aromatic N) is 1. The molecule has 0 unspecified atom stereocenters. The topological polar surface area (TPSA) is 112 Å². The van der Waals surface area contributed by atoms with Crippen LogP contribution in [0.5, 0.6) is 5.75 Å². The van der Waals surface area contributed by atoms with Crippen LogP contribution in [0.4, 0.5) is 4.79 Å². The maximum absolute atomic E-state index is 12.3. The van der Waals surface area contributed by atoms with Gasteiger partial charge in [0.05, 0.1) is 13.2 Å². The Morgan fingerprint density at radius 3 is 2.68 bits per heavy atom. The van der Waals surface area contributed by atoms with Gasteiger partial charge in [-0.1, -0.05) is 12.1 Å². The first-order valence-corrected chi connectivity index (χ1v) is 10.9. The van der Waals surface area contributed by atoms with Gasteiger partial charge in [0.2, 0.25) is 11.8 Å². The number of carbonyl (C=O) groups is 3. The van der Waals surface area contributed by atoms with Crippen LogP contribution >= 0.6 is 0 Å². The summed E-state index contributed by atoms with van der Waals surface area (Å²) in [4.78, 5) is 38.8. The molecule has 1 aromatic carbocycles. The number of rotatable bonds is 8. The quantitative estimate of drug-likeness (QED) is 0.485. The molecule has 0 bridgehead atoms. The van der Waals surface area contributed by atoms with Crippen LogP contribution in [0, 0.1) is 0 Å². The summed E-state index contributed by atoms with van der Waals surface area (Å²) in [5.74, 6) is 0.757. The van der Waals surface area contributed by atoms with Crippen molar-refractivity contribution in [3.05, 3.63) is 29.8 Å². The molecule has 2 aliphatic rings. The summed E-state index contributed by atoms with van der Waals surface area (Å²) < 4.78 is 5.14. The molecule has 0 aliphatic carbocycles. The summed E-state index contributed by atoms with van der Waals surface area (Å²) in [6.07, 6.45) is 1.61. The molecule has 4 amide bonds. The van der Waals surface area contributed by atoms with Gasteiger partial charge in [-0.3, -0.25) is 14.5 Å². The summed E-state index contributed by atoms with van der Waals surface area (Å²) >= 11 is 0. The molecule has 170 valence electrons. The van der Waals surface area contributed by atoms with Crippen molar-refractivity contribution in [1.29, 1.82) is 0 Å². The first-order chi connectivity index (χ1) is 14.9. The molecule has 2 saturated heterocycles. The van der Waals surface area contributed by atoms with E-state index in [4.69, 9.17) is 4.74 Å². The standard InChI is InChI=1S/C22H33N5O4/c1-14(2)25-22(30)26-16-10-19-21(29)24-12-17(27(19)13-16)6-9-20(28)23-11-15-4-7-18(31-3)8-5-15/h4-5,7-8,14,16-17,19H,6,9-13H2,1-3H3,(H,23,28)(H,24,29)(H2,25,26,30)/t16-,17-,19+/m1/s1. The third kappa shape index (κ3) is 6.33. The second-order valence-corrected chi connectivity index (χ2v) is 8.48. The average molecular weight is 432 g/mol. The molecule has 9 heteroatoms. The fourth-order valence-corrected chi connectivity index (χ4v) is 4.17. The van der Waals surface area contributed by atoms with Crippen molar-refractivity contribution in [3.8, 4) is 5.75 Å². The molecule has 0 radical (unpaired) electrons. The Hall–Kier alpha value is -2.81. The Kier molecular flexibility index (Phi) is 7.73. The van der Waals surface area contributed by atoms with E-state index in [0.29, 0.717) is 38.9 Å². The van der Waals surface area contributed by atoms with Crippen molar-refractivity contribution >= 4 is 17.8 Å². The highest BCUT2D eigenvalue weighted by Crippen LogP contribution is 2.25. The van der Waals surface area contributed by atoms with Crippen molar-refractivity contribution in [2.45, 2.75) is 63.8 Å².